The lowest BCUT2D eigenvalue weighted by Gasteiger charge is -2.19. The van der Waals surface area contributed by atoms with Gasteiger partial charge in [0.05, 0.1) is 10.2 Å². The minimum atomic E-state index is -3.65. The van der Waals surface area contributed by atoms with Crippen molar-refractivity contribution in [3.8, 4) is 0 Å². The smallest absolute Gasteiger partial charge is 0.232 e. The number of amides is 1. The Hall–Kier alpha value is -0.660. The van der Waals surface area contributed by atoms with Crippen LogP contribution >= 0.6 is 26.6 Å². The molecule has 1 aliphatic heterocycles. The first-order chi connectivity index (χ1) is 9.19. The fourth-order valence-corrected chi connectivity index (χ4v) is 4.09. The molecule has 0 bridgehead atoms. The number of benzene rings is 1. The molecule has 0 spiro atoms. The van der Waals surface area contributed by atoms with Crippen LogP contribution in [0.2, 0.25) is 0 Å². The molecule has 0 aromatic heterocycles. The highest BCUT2D eigenvalue weighted by Gasteiger charge is 2.34. The van der Waals surface area contributed by atoms with Crippen molar-refractivity contribution < 1.29 is 17.6 Å². The average Bonchev–Trinajstić information content (AvgIpc) is 2.65. The van der Waals surface area contributed by atoms with Gasteiger partial charge in [-0.15, -0.1) is 0 Å². The molecule has 1 aliphatic rings. The maximum absolute atomic E-state index is 13.8. The van der Waals surface area contributed by atoms with Crippen molar-refractivity contribution >= 4 is 47.3 Å². The van der Waals surface area contributed by atoms with Gasteiger partial charge in [-0.05, 0) is 35.0 Å². The number of hydrogen-bond acceptors (Lipinski definition) is 3. The van der Waals surface area contributed by atoms with Crippen molar-refractivity contribution in [3.05, 3.63) is 28.0 Å². The van der Waals surface area contributed by atoms with Gasteiger partial charge in [0.25, 0.3) is 0 Å². The predicted octanol–water partition coefficient (Wildman–Crippen LogP) is 2.82. The second-order valence-electron chi connectivity index (χ2n) is 4.79. The quantitative estimate of drug-likeness (QED) is 0.753. The van der Waals surface area contributed by atoms with Crippen LogP contribution < -0.4 is 4.90 Å². The molecule has 1 saturated heterocycles. The number of anilines is 1. The highest BCUT2D eigenvalue weighted by atomic mass is 79.9. The molecule has 1 aromatic rings. The van der Waals surface area contributed by atoms with Crippen molar-refractivity contribution in [2.24, 2.45) is 5.92 Å². The van der Waals surface area contributed by atoms with Crippen molar-refractivity contribution in [2.75, 3.05) is 17.2 Å². The van der Waals surface area contributed by atoms with E-state index in [-0.39, 0.29) is 30.5 Å². The molecular formula is C12H12BrClFNO3S. The molecule has 1 heterocycles. The Balaban J connectivity index is 2.27. The van der Waals surface area contributed by atoms with Crippen molar-refractivity contribution in [1.29, 1.82) is 0 Å². The van der Waals surface area contributed by atoms with E-state index < -0.39 is 14.9 Å². The summed E-state index contributed by atoms with van der Waals surface area (Å²) in [7, 11) is 1.56. The van der Waals surface area contributed by atoms with E-state index in [0.29, 0.717) is 15.7 Å². The minimum Gasteiger partial charge on any atom is -0.312 e. The van der Waals surface area contributed by atoms with Gasteiger partial charge in [-0.2, -0.15) is 0 Å². The molecule has 0 saturated carbocycles. The summed E-state index contributed by atoms with van der Waals surface area (Å²) in [5.41, 5.74) is 0.812. The van der Waals surface area contributed by atoms with Gasteiger partial charge in [0, 0.05) is 40.8 Å². The maximum Gasteiger partial charge on any atom is 0.232 e. The normalized spacial score (nSPS) is 19.7. The highest BCUT2D eigenvalue weighted by molar-refractivity contribution is 9.10. The third kappa shape index (κ3) is 3.32. The standard InChI is InChI=1S/C12H12BrClFNO3S/c1-7-10(3-2-9(13)12(7)15)16-5-8(4-11(16)17)6-20(14,18)19/h2-3,8H,4-6H2,1H3. The van der Waals surface area contributed by atoms with Crippen LogP contribution in [-0.4, -0.2) is 26.6 Å². The minimum absolute atomic E-state index is 0.100. The van der Waals surface area contributed by atoms with E-state index in [1.807, 2.05) is 0 Å². The van der Waals surface area contributed by atoms with E-state index in [1.165, 1.54) is 11.0 Å². The lowest BCUT2D eigenvalue weighted by atomic mass is 10.1. The van der Waals surface area contributed by atoms with Crippen molar-refractivity contribution in [3.63, 3.8) is 0 Å². The van der Waals surface area contributed by atoms with Crippen LogP contribution in [0.25, 0.3) is 0 Å². The molecule has 0 radical (unpaired) electrons. The van der Waals surface area contributed by atoms with Crippen LogP contribution in [0, 0.1) is 18.7 Å². The topological polar surface area (TPSA) is 54.5 Å². The van der Waals surface area contributed by atoms with Gasteiger partial charge in [-0.3, -0.25) is 4.79 Å². The molecule has 20 heavy (non-hydrogen) atoms. The van der Waals surface area contributed by atoms with Gasteiger partial charge in [-0.1, -0.05) is 0 Å². The largest absolute Gasteiger partial charge is 0.312 e. The van der Waals surface area contributed by atoms with Crippen LogP contribution in [0.4, 0.5) is 10.1 Å². The highest BCUT2D eigenvalue weighted by Crippen LogP contribution is 2.32. The summed E-state index contributed by atoms with van der Waals surface area (Å²) in [4.78, 5) is 13.4. The molecule has 110 valence electrons. The second kappa shape index (κ2) is 5.61. The van der Waals surface area contributed by atoms with E-state index in [4.69, 9.17) is 10.7 Å². The van der Waals surface area contributed by atoms with E-state index in [9.17, 15) is 17.6 Å². The number of hydrogen-bond donors (Lipinski definition) is 0. The van der Waals surface area contributed by atoms with Gasteiger partial charge in [0.2, 0.25) is 15.0 Å². The molecule has 1 amide bonds. The van der Waals surface area contributed by atoms with Gasteiger partial charge in [-0.25, -0.2) is 12.8 Å². The summed E-state index contributed by atoms with van der Waals surface area (Å²) in [5, 5.41) is 0. The lowest BCUT2D eigenvalue weighted by Crippen LogP contribution is -2.26. The third-order valence-electron chi connectivity index (χ3n) is 3.24. The molecular weight excluding hydrogens is 373 g/mol. The maximum atomic E-state index is 13.8. The molecule has 1 unspecified atom stereocenters. The predicted molar refractivity (Wildman–Crippen MR) is 78.9 cm³/mol. The summed E-state index contributed by atoms with van der Waals surface area (Å²) < 4.78 is 36.3. The summed E-state index contributed by atoms with van der Waals surface area (Å²) in [6.07, 6.45) is 0.100. The first-order valence-corrected chi connectivity index (χ1v) is 9.13. The Morgan fingerprint density at radius 1 is 1.50 bits per heavy atom. The van der Waals surface area contributed by atoms with E-state index in [2.05, 4.69) is 15.9 Å². The molecule has 1 aromatic carbocycles. The zero-order valence-corrected chi connectivity index (χ0v) is 13.7. The van der Waals surface area contributed by atoms with Crippen molar-refractivity contribution in [2.45, 2.75) is 13.3 Å². The van der Waals surface area contributed by atoms with E-state index in [1.54, 1.807) is 13.0 Å². The van der Waals surface area contributed by atoms with Crippen LogP contribution in [0.1, 0.15) is 12.0 Å². The zero-order chi connectivity index (χ0) is 15.1. The van der Waals surface area contributed by atoms with Crippen LogP contribution in [0.3, 0.4) is 0 Å². The lowest BCUT2D eigenvalue weighted by molar-refractivity contribution is -0.117. The number of nitrogens with zero attached hydrogens (tertiary/aromatic N) is 1. The Morgan fingerprint density at radius 2 is 2.15 bits per heavy atom. The SMILES string of the molecule is Cc1c(N2CC(CS(=O)(=O)Cl)CC2=O)ccc(Br)c1F. The van der Waals surface area contributed by atoms with Crippen LogP contribution in [0.5, 0.6) is 0 Å². The number of carbonyl (C=O) groups excluding carboxylic acids is 1. The zero-order valence-electron chi connectivity index (χ0n) is 10.6. The molecule has 0 aliphatic carbocycles. The molecule has 0 N–H and O–H groups in total. The van der Waals surface area contributed by atoms with E-state index >= 15 is 0 Å². The van der Waals surface area contributed by atoms with Gasteiger partial charge < -0.3 is 4.90 Å². The Bertz CT molecular complexity index is 665. The summed E-state index contributed by atoms with van der Waals surface area (Å²) in [5.74, 6) is -1.27. The van der Waals surface area contributed by atoms with Gasteiger partial charge >= 0.3 is 0 Å². The number of halogens is 3. The summed E-state index contributed by atoms with van der Waals surface area (Å²) in [6, 6.07) is 3.16. The average molecular weight is 385 g/mol. The molecule has 8 heteroatoms. The molecule has 1 atom stereocenters. The number of rotatable bonds is 3. The monoisotopic (exact) mass is 383 g/mol. The first kappa shape index (κ1) is 15.7. The summed E-state index contributed by atoms with van der Waals surface area (Å²) in [6.45, 7) is 1.81. The van der Waals surface area contributed by atoms with Gasteiger partial charge in [0.15, 0.2) is 0 Å². The Morgan fingerprint density at radius 3 is 2.75 bits per heavy atom. The molecule has 1 fully saturated rings. The van der Waals surface area contributed by atoms with Crippen LogP contribution in [0.15, 0.2) is 16.6 Å². The number of carbonyl (C=O) groups is 1. The Kier molecular flexibility index (Phi) is 4.41. The molecule has 2 rings (SSSR count). The fourth-order valence-electron chi connectivity index (χ4n) is 2.34. The van der Waals surface area contributed by atoms with Crippen molar-refractivity contribution in [1.82, 2.24) is 0 Å². The molecule has 4 nitrogen and oxygen atoms in total. The third-order valence-corrected chi connectivity index (χ3v) is 5.10. The van der Waals surface area contributed by atoms with Gasteiger partial charge in [0.1, 0.15) is 5.82 Å². The fraction of sp³-hybridized carbons (Fsp3) is 0.417. The summed E-state index contributed by atoms with van der Waals surface area (Å²) >= 11 is 3.08. The van der Waals surface area contributed by atoms with E-state index in [0.717, 1.165) is 0 Å². The second-order valence-corrected chi connectivity index (χ2v) is 8.46. The van der Waals surface area contributed by atoms with Crippen LogP contribution in [-0.2, 0) is 13.8 Å². The Labute approximate surface area is 129 Å². The first-order valence-electron chi connectivity index (χ1n) is 5.86.